The lowest BCUT2D eigenvalue weighted by molar-refractivity contribution is 0.107. The van der Waals surface area contributed by atoms with Crippen LogP contribution in [-0.4, -0.2) is 52.5 Å². The van der Waals surface area contributed by atoms with Gasteiger partial charge in [-0.3, -0.25) is 4.90 Å². The maximum absolute atomic E-state index is 14.6. The number of fused-ring (bicyclic) bond motifs is 2. The summed E-state index contributed by atoms with van der Waals surface area (Å²) >= 11 is 10.6. The highest BCUT2D eigenvalue weighted by atomic mass is 79.9. The summed E-state index contributed by atoms with van der Waals surface area (Å²) in [7, 11) is 0. The van der Waals surface area contributed by atoms with E-state index >= 15 is 0 Å². The zero-order chi connectivity index (χ0) is 18.5. The standard InChI is InChI=1S/C17H17BrClF2N3OS/c1-26-15-10-5-11(19)12(18)13(21)14(10)22-16(23-15)25-8-17-3-2-4-24(17)7-9(20)6-17/h5,9H,2-4,6-8H2,1H3/t9-,17+/m1/s1. The largest absolute Gasteiger partial charge is 0.461 e. The van der Waals surface area contributed by atoms with Crippen molar-refractivity contribution in [3.8, 4) is 6.01 Å². The van der Waals surface area contributed by atoms with Crippen molar-refractivity contribution in [3.05, 3.63) is 21.4 Å². The molecule has 0 bridgehead atoms. The highest BCUT2D eigenvalue weighted by Gasteiger charge is 2.49. The van der Waals surface area contributed by atoms with Crippen LogP contribution in [0.3, 0.4) is 0 Å². The van der Waals surface area contributed by atoms with Crippen LogP contribution in [0.5, 0.6) is 6.01 Å². The number of nitrogens with zero attached hydrogens (tertiary/aromatic N) is 3. The minimum atomic E-state index is -0.825. The first-order chi connectivity index (χ1) is 12.4. The summed E-state index contributed by atoms with van der Waals surface area (Å²) in [6.45, 7) is 1.65. The minimum absolute atomic E-state index is 0.110. The van der Waals surface area contributed by atoms with Gasteiger partial charge in [-0.05, 0) is 47.6 Å². The maximum Gasteiger partial charge on any atom is 0.318 e. The summed E-state index contributed by atoms with van der Waals surface area (Å²) in [5, 5.41) is 1.40. The van der Waals surface area contributed by atoms with Gasteiger partial charge in [-0.1, -0.05) is 11.6 Å². The molecule has 4 nitrogen and oxygen atoms in total. The minimum Gasteiger partial charge on any atom is -0.461 e. The molecule has 0 saturated carbocycles. The number of ether oxygens (including phenoxy) is 1. The molecular formula is C17H17BrClF2N3OS. The van der Waals surface area contributed by atoms with Crippen LogP contribution in [0.2, 0.25) is 5.02 Å². The van der Waals surface area contributed by atoms with E-state index in [1.54, 1.807) is 6.07 Å². The molecule has 0 amide bonds. The molecule has 1 aromatic carbocycles. The van der Waals surface area contributed by atoms with Gasteiger partial charge in [-0.25, -0.2) is 8.78 Å². The Bertz CT molecular complexity index is 874. The predicted octanol–water partition coefficient (Wildman–Crippen LogP) is 4.86. The summed E-state index contributed by atoms with van der Waals surface area (Å²) in [6.07, 6.45) is 3.41. The van der Waals surface area contributed by atoms with Gasteiger partial charge < -0.3 is 4.74 Å². The van der Waals surface area contributed by atoms with Crippen LogP contribution in [0.25, 0.3) is 10.9 Å². The molecule has 2 fully saturated rings. The van der Waals surface area contributed by atoms with Crippen LogP contribution < -0.4 is 4.74 Å². The number of hydrogen-bond donors (Lipinski definition) is 0. The van der Waals surface area contributed by atoms with Crippen LogP contribution in [0, 0.1) is 5.82 Å². The number of benzene rings is 1. The molecule has 1 aromatic heterocycles. The van der Waals surface area contributed by atoms with Crippen molar-refractivity contribution < 1.29 is 13.5 Å². The van der Waals surface area contributed by atoms with E-state index in [9.17, 15) is 8.78 Å². The van der Waals surface area contributed by atoms with E-state index in [0.29, 0.717) is 30.0 Å². The van der Waals surface area contributed by atoms with Crippen molar-refractivity contribution in [2.24, 2.45) is 0 Å². The van der Waals surface area contributed by atoms with Crippen molar-refractivity contribution in [3.63, 3.8) is 0 Å². The monoisotopic (exact) mass is 463 g/mol. The molecule has 2 aromatic rings. The molecule has 26 heavy (non-hydrogen) atoms. The Morgan fingerprint density at radius 2 is 2.31 bits per heavy atom. The van der Waals surface area contributed by atoms with E-state index in [1.807, 2.05) is 6.26 Å². The Kier molecular flexibility index (Phi) is 5.05. The lowest BCUT2D eigenvalue weighted by Crippen LogP contribution is -2.43. The third kappa shape index (κ3) is 3.08. The molecule has 2 saturated heterocycles. The summed E-state index contributed by atoms with van der Waals surface area (Å²) in [5.41, 5.74) is -0.137. The van der Waals surface area contributed by atoms with Gasteiger partial charge in [0.05, 0.1) is 15.0 Å². The molecule has 9 heteroatoms. The second-order valence-electron chi connectivity index (χ2n) is 6.76. The highest BCUT2D eigenvalue weighted by Crippen LogP contribution is 2.41. The van der Waals surface area contributed by atoms with Crippen molar-refractivity contribution in [2.45, 2.75) is 36.0 Å². The fourth-order valence-electron chi connectivity index (χ4n) is 3.99. The lowest BCUT2D eigenvalue weighted by Gasteiger charge is -2.30. The van der Waals surface area contributed by atoms with Gasteiger partial charge in [-0.2, -0.15) is 9.97 Å². The second-order valence-corrected chi connectivity index (χ2v) is 8.76. The average molecular weight is 465 g/mol. The maximum atomic E-state index is 14.6. The highest BCUT2D eigenvalue weighted by molar-refractivity contribution is 9.10. The Hall–Kier alpha value is -0.700. The Morgan fingerprint density at radius 1 is 1.50 bits per heavy atom. The molecule has 0 N–H and O–H groups in total. The average Bonchev–Trinajstić information content (AvgIpc) is 3.13. The van der Waals surface area contributed by atoms with Crippen molar-refractivity contribution in [1.29, 1.82) is 0 Å². The van der Waals surface area contributed by atoms with E-state index in [1.165, 1.54) is 11.8 Å². The fraction of sp³-hybridized carbons (Fsp3) is 0.529. The molecule has 3 heterocycles. The normalized spacial score (nSPS) is 25.8. The fourth-order valence-corrected chi connectivity index (χ4v) is 5.03. The summed E-state index contributed by atoms with van der Waals surface area (Å²) in [6, 6.07) is 1.75. The Balaban J connectivity index is 1.67. The van der Waals surface area contributed by atoms with Crippen LogP contribution in [0.4, 0.5) is 8.78 Å². The SMILES string of the molecule is CSc1nc(OC[C@@]23CCCN2C[C@H](F)C3)nc2c(F)c(Br)c(Cl)cc12. The number of thioether (sulfide) groups is 1. The number of hydrogen-bond acceptors (Lipinski definition) is 5. The van der Waals surface area contributed by atoms with Crippen molar-refractivity contribution in [1.82, 2.24) is 14.9 Å². The van der Waals surface area contributed by atoms with Crippen LogP contribution >= 0.6 is 39.3 Å². The van der Waals surface area contributed by atoms with Crippen LogP contribution in [-0.2, 0) is 0 Å². The molecule has 0 unspecified atom stereocenters. The molecule has 0 radical (unpaired) electrons. The summed E-state index contributed by atoms with van der Waals surface area (Å²) < 4.78 is 34.5. The summed E-state index contributed by atoms with van der Waals surface area (Å²) in [4.78, 5) is 10.8. The molecule has 4 rings (SSSR count). The van der Waals surface area contributed by atoms with Gasteiger partial charge in [0.15, 0.2) is 5.82 Å². The zero-order valence-corrected chi connectivity index (χ0v) is 17.2. The van der Waals surface area contributed by atoms with Gasteiger partial charge >= 0.3 is 6.01 Å². The van der Waals surface area contributed by atoms with Crippen LogP contribution in [0.15, 0.2) is 15.6 Å². The van der Waals surface area contributed by atoms with Gasteiger partial charge in [0.25, 0.3) is 0 Å². The number of alkyl halides is 1. The molecule has 0 aliphatic carbocycles. The van der Waals surface area contributed by atoms with E-state index in [-0.39, 0.29) is 26.6 Å². The third-order valence-electron chi connectivity index (χ3n) is 5.20. The van der Waals surface area contributed by atoms with Crippen LogP contribution in [0.1, 0.15) is 19.3 Å². The second kappa shape index (κ2) is 7.04. The van der Waals surface area contributed by atoms with Gasteiger partial charge in [0.1, 0.15) is 23.3 Å². The number of halogens is 4. The summed E-state index contributed by atoms with van der Waals surface area (Å²) in [5.74, 6) is -0.541. The van der Waals surface area contributed by atoms with Gasteiger partial charge in [-0.15, -0.1) is 11.8 Å². The van der Waals surface area contributed by atoms with E-state index in [2.05, 4.69) is 30.8 Å². The molecule has 0 spiro atoms. The first kappa shape index (κ1) is 18.7. The molecule has 140 valence electrons. The van der Waals surface area contributed by atoms with Crippen molar-refractivity contribution in [2.75, 3.05) is 26.0 Å². The topological polar surface area (TPSA) is 38.2 Å². The van der Waals surface area contributed by atoms with Gasteiger partial charge in [0.2, 0.25) is 0 Å². The Morgan fingerprint density at radius 3 is 3.08 bits per heavy atom. The zero-order valence-electron chi connectivity index (χ0n) is 14.1. The Labute approximate surface area is 167 Å². The first-order valence-electron chi connectivity index (χ1n) is 8.35. The third-order valence-corrected chi connectivity index (χ3v) is 7.20. The number of aromatic nitrogens is 2. The van der Waals surface area contributed by atoms with Gasteiger partial charge in [0, 0.05) is 18.4 Å². The molecule has 2 atom stereocenters. The van der Waals surface area contributed by atoms with E-state index in [0.717, 1.165) is 19.4 Å². The lowest BCUT2D eigenvalue weighted by atomic mass is 9.95. The predicted molar refractivity (Wildman–Crippen MR) is 103 cm³/mol. The van der Waals surface area contributed by atoms with E-state index < -0.39 is 12.0 Å². The first-order valence-corrected chi connectivity index (χ1v) is 10.7. The van der Waals surface area contributed by atoms with E-state index in [4.69, 9.17) is 16.3 Å². The quantitative estimate of drug-likeness (QED) is 0.367. The molecule has 2 aliphatic heterocycles. The molecular weight excluding hydrogens is 448 g/mol. The number of rotatable bonds is 4. The van der Waals surface area contributed by atoms with Crippen molar-refractivity contribution >= 4 is 50.2 Å². The molecule has 2 aliphatic rings. The smallest absolute Gasteiger partial charge is 0.318 e.